The lowest BCUT2D eigenvalue weighted by molar-refractivity contribution is 0.318. The predicted molar refractivity (Wildman–Crippen MR) is 105 cm³/mol. The molecule has 0 N–H and O–H groups in total. The summed E-state index contributed by atoms with van der Waals surface area (Å²) in [5, 5.41) is 1.08. The topological polar surface area (TPSA) is 27.7 Å². The van der Waals surface area contributed by atoms with Crippen LogP contribution < -0.4 is 5.19 Å². The van der Waals surface area contributed by atoms with Gasteiger partial charge in [-0.1, -0.05) is 74.9 Å². The Bertz CT molecular complexity index is 248. The summed E-state index contributed by atoms with van der Waals surface area (Å²) in [4.78, 5) is 0. The lowest BCUT2D eigenvalue weighted by Gasteiger charge is -2.26. The third-order valence-corrected chi connectivity index (χ3v) is 9.42. The smallest absolute Gasteiger partial charge is 0.422 e. The molecule has 120 valence electrons. The largest absolute Gasteiger partial charge is 0.503 e. The first-order chi connectivity index (χ1) is 6.29. The van der Waals surface area contributed by atoms with Gasteiger partial charge in [0.25, 0.3) is 0 Å². The summed E-state index contributed by atoms with van der Waals surface area (Å²) in [6, 6.07) is 9.98. The molecule has 0 radical (unpaired) electrons. The summed E-state index contributed by atoms with van der Waals surface area (Å²) in [7, 11) is -0.439. The molecule has 0 aliphatic carbocycles. The maximum Gasteiger partial charge on any atom is 0.503 e. The number of hydrogen-bond donors (Lipinski definition) is 0. The van der Waals surface area contributed by atoms with E-state index in [1.807, 2.05) is 30.3 Å². The fourth-order valence-corrected chi connectivity index (χ4v) is 11.2. The van der Waals surface area contributed by atoms with Crippen molar-refractivity contribution < 1.29 is 12.3 Å². The van der Waals surface area contributed by atoms with E-state index in [-0.39, 0.29) is 44.6 Å². The van der Waals surface area contributed by atoms with Crippen molar-refractivity contribution in [3.63, 3.8) is 0 Å². The molecule has 0 fully saturated rings. The van der Waals surface area contributed by atoms with Crippen LogP contribution in [0.15, 0.2) is 30.3 Å². The van der Waals surface area contributed by atoms with Gasteiger partial charge >= 0.3 is 8.80 Å². The first-order valence-electron chi connectivity index (χ1n) is 4.00. The Hall–Kier alpha value is -0.0325. The Morgan fingerprint density at radius 3 is 1.21 bits per heavy atom. The minimum atomic E-state index is -2.41. The summed E-state index contributed by atoms with van der Waals surface area (Å²) >= 11 is 0. The van der Waals surface area contributed by atoms with Gasteiger partial charge in [0.2, 0.25) is 0 Å². The summed E-state index contributed by atoms with van der Waals surface area (Å²) in [6.07, 6.45) is 0. The average Bonchev–Trinajstić information content (AvgIpc) is 2.23. The van der Waals surface area contributed by atoms with Crippen molar-refractivity contribution in [2.75, 3.05) is 0 Å². The van der Waals surface area contributed by atoms with Crippen LogP contribution in [-0.4, -0.2) is 40.3 Å². The van der Waals surface area contributed by atoms with Crippen molar-refractivity contribution in [2.45, 2.75) is 44.6 Å². The van der Waals surface area contributed by atoms with E-state index in [4.69, 9.17) is 12.3 Å². The Morgan fingerprint density at radius 2 is 0.947 bits per heavy atom. The highest BCUT2D eigenvalue weighted by Gasteiger charge is 2.37. The second-order valence-electron chi connectivity index (χ2n) is 2.53. The first-order valence-corrected chi connectivity index (χ1v) is 8.17. The summed E-state index contributed by atoms with van der Waals surface area (Å²) in [5.41, 5.74) is 0. The van der Waals surface area contributed by atoms with Crippen molar-refractivity contribution >= 4 is 45.4 Å². The SMILES string of the molecule is C.C.C.C.C.C.[SiH3]O[Si](O[SiH3])(O[SiH3])c1ccccc1. The van der Waals surface area contributed by atoms with Crippen LogP contribution in [-0.2, 0) is 12.3 Å². The molecule has 19 heavy (non-hydrogen) atoms. The highest BCUT2D eigenvalue weighted by atomic mass is 28.5. The van der Waals surface area contributed by atoms with E-state index in [1.54, 1.807) is 0 Å². The second-order valence-corrected chi connectivity index (χ2v) is 9.12. The molecule has 0 saturated heterocycles. The van der Waals surface area contributed by atoms with Crippen LogP contribution in [0.4, 0.5) is 0 Å². The van der Waals surface area contributed by atoms with Gasteiger partial charge in [-0.2, -0.15) is 0 Å². The van der Waals surface area contributed by atoms with Crippen LogP contribution in [0.2, 0.25) is 0 Å². The molecule has 0 saturated carbocycles. The van der Waals surface area contributed by atoms with E-state index in [2.05, 4.69) is 0 Å². The van der Waals surface area contributed by atoms with Crippen LogP contribution in [0.25, 0.3) is 0 Å². The van der Waals surface area contributed by atoms with Gasteiger partial charge in [0, 0.05) is 5.19 Å². The van der Waals surface area contributed by atoms with E-state index < -0.39 is 8.80 Å². The summed E-state index contributed by atoms with van der Waals surface area (Å²) in [6.45, 7) is 0. The molecule has 0 atom stereocenters. The van der Waals surface area contributed by atoms with Crippen molar-refractivity contribution in [3.8, 4) is 0 Å². The highest BCUT2D eigenvalue weighted by Crippen LogP contribution is 2.04. The first kappa shape index (κ1) is 36.4. The zero-order chi connectivity index (χ0) is 9.73. The van der Waals surface area contributed by atoms with Crippen molar-refractivity contribution in [1.82, 2.24) is 0 Å². The van der Waals surface area contributed by atoms with Gasteiger partial charge in [0.05, 0.1) is 0 Å². The van der Waals surface area contributed by atoms with Crippen LogP contribution in [0.3, 0.4) is 0 Å². The molecule has 3 nitrogen and oxygen atoms in total. The zero-order valence-electron chi connectivity index (χ0n) is 8.11. The Balaban J connectivity index is -0.0000000704. The maximum absolute atomic E-state index is 5.53. The lowest BCUT2D eigenvalue weighted by Crippen LogP contribution is -2.55. The monoisotopic (exact) mass is 342 g/mol. The van der Waals surface area contributed by atoms with Crippen molar-refractivity contribution in [1.29, 1.82) is 0 Å². The predicted octanol–water partition coefficient (Wildman–Crippen LogP) is 0.540. The third-order valence-electron chi connectivity index (χ3n) is 1.93. The second kappa shape index (κ2) is 18.0. The van der Waals surface area contributed by atoms with Gasteiger partial charge in [0.1, 0.15) is 31.5 Å². The normalized spacial score (nSPS) is 10.9. The Morgan fingerprint density at radius 1 is 0.632 bits per heavy atom. The van der Waals surface area contributed by atoms with E-state index >= 15 is 0 Å². The summed E-state index contributed by atoms with van der Waals surface area (Å²) < 4.78 is 16.6. The Kier molecular flexibility index (Phi) is 34.4. The molecule has 1 aromatic rings. The van der Waals surface area contributed by atoms with E-state index in [0.29, 0.717) is 31.5 Å². The fourth-order valence-electron chi connectivity index (χ4n) is 1.25. The molecular weight excluding hydrogens is 304 g/mol. The average molecular weight is 343 g/mol. The minimum absolute atomic E-state index is 0. The molecule has 7 heteroatoms. The van der Waals surface area contributed by atoms with Gasteiger partial charge in [-0.25, -0.2) is 0 Å². The number of benzene rings is 1. The molecule has 0 aliphatic rings. The van der Waals surface area contributed by atoms with Crippen LogP contribution >= 0.6 is 0 Å². The number of rotatable bonds is 4. The molecule has 0 heterocycles. The molecule has 0 spiro atoms. The van der Waals surface area contributed by atoms with Crippen molar-refractivity contribution in [2.24, 2.45) is 0 Å². The molecule has 0 aliphatic heterocycles. The van der Waals surface area contributed by atoms with Crippen LogP contribution in [0.5, 0.6) is 0 Å². The van der Waals surface area contributed by atoms with Gasteiger partial charge in [-0.3, -0.25) is 0 Å². The van der Waals surface area contributed by atoms with Crippen LogP contribution in [0, 0.1) is 0 Å². The highest BCUT2D eigenvalue weighted by molar-refractivity contribution is 6.81. The van der Waals surface area contributed by atoms with E-state index in [1.165, 1.54) is 0 Å². The van der Waals surface area contributed by atoms with E-state index in [0.717, 1.165) is 5.19 Å². The molecule has 0 bridgehead atoms. The molecule has 0 aromatic heterocycles. The molecule has 1 aromatic carbocycles. The van der Waals surface area contributed by atoms with Gasteiger partial charge in [-0.15, -0.1) is 0 Å². The minimum Gasteiger partial charge on any atom is -0.422 e. The van der Waals surface area contributed by atoms with Crippen LogP contribution in [0.1, 0.15) is 44.6 Å². The van der Waals surface area contributed by atoms with Crippen molar-refractivity contribution in [3.05, 3.63) is 30.3 Å². The van der Waals surface area contributed by atoms with Gasteiger partial charge in [-0.05, 0) is 0 Å². The molecule has 0 amide bonds. The van der Waals surface area contributed by atoms with E-state index in [9.17, 15) is 0 Å². The molecule has 0 unspecified atom stereocenters. The van der Waals surface area contributed by atoms with Gasteiger partial charge in [0.15, 0.2) is 0 Å². The maximum atomic E-state index is 5.53. The standard InChI is InChI=1S/C6H14O3Si4.6CH4/c10-7-13(8-11,9-12)6-4-2-1-3-5-6;;;;;;/h1-5H,10-12H3;6*1H4. The molecular formula is C12H38O3Si4. The Labute approximate surface area is 133 Å². The fraction of sp³-hybridized carbons (Fsp3) is 0.500. The third kappa shape index (κ3) is 8.68. The lowest BCUT2D eigenvalue weighted by atomic mass is 10.4. The zero-order valence-corrected chi connectivity index (χ0v) is 15.1. The quantitative estimate of drug-likeness (QED) is 0.748. The molecule has 1 rings (SSSR count). The number of hydrogen-bond acceptors (Lipinski definition) is 3. The summed E-state index contributed by atoms with van der Waals surface area (Å²) in [5.74, 6) is 0. The van der Waals surface area contributed by atoms with Gasteiger partial charge < -0.3 is 12.3 Å².